The number of nitrogens with zero attached hydrogens (tertiary/aromatic N) is 1. The first kappa shape index (κ1) is 11.0. The number of rotatable bonds is 3. The van der Waals surface area contributed by atoms with E-state index in [-0.39, 0.29) is 0 Å². The van der Waals surface area contributed by atoms with E-state index >= 15 is 0 Å². The van der Waals surface area contributed by atoms with E-state index in [0.717, 1.165) is 6.42 Å². The van der Waals surface area contributed by atoms with Crippen molar-refractivity contribution in [2.75, 3.05) is 6.61 Å². The van der Waals surface area contributed by atoms with Crippen LogP contribution in [0.15, 0.2) is 0 Å². The molecule has 0 aliphatic heterocycles. The zero-order valence-electron chi connectivity index (χ0n) is 8.32. The van der Waals surface area contributed by atoms with Crippen LogP contribution in [0.4, 0.5) is 0 Å². The summed E-state index contributed by atoms with van der Waals surface area (Å²) in [7, 11) is 0. The Labute approximate surface area is 83.5 Å². The lowest BCUT2D eigenvalue weighted by Gasteiger charge is -2.20. The SMILES string of the molecule is CCCOC(=O)[C@H]1CCC[C@@]1(O)C#N. The summed E-state index contributed by atoms with van der Waals surface area (Å²) in [6, 6.07) is 1.80. The molecular weight excluding hydrogens is 182 g/mol. The number of carbonyl (C=O) groups is 1. The highest BCUT2D eigenvalue weighted by Gasteiger charge is 2.46. The minimum absolute atomic E-state index is 0.358. The maximum Gasteiger partial charge on any atom is 0.312 e. The minimum atomic E-state index is -1.50. The zero-order chi connectivity index (χ0) is 10.6. The molecule has 14 heavy (non-hydrogen) atoms. The van der Waals surface area contributed by atoms with Gasteiger partial charge in [0.15, 0.2) is 5.60 Å². The van der Waals surface area contributed by atoms with Crippen LogP contribution in [0.2, 0.25) is 0 Å². The van der Waals surface area contributed by atoms with Gasteiger partial charge in [0.05, 0.1) is 18.6 Å². The van der Waals surface area contributed by atoms with Crippen LogP contribution in [0.1, 0.15) is 32.6 Å². The zero-order valence-corrected chi connectivity index (χ0v) is 8.32. The van der Waals surface area contributed by atoms with Crippen molar-refractivity contribution in [3.63, 3.8) is 0 Å². The summed E-state index contributed by atoms with van der Waals surface area (Å²) in [5.41, 5.74) is -1.50. The highest BCUT2D eigenvalue weighted by molar-refractivity contribution is 5.75. The van der Waals surface area contributed by atoms with Crippen LogP contribution in [0, 0.1) is 17.2 Å². The lowest BCUT2D eigenvalue weighted by atomic mass is 9.92. The quantitative estimate of drug-likeness (QED) is 0.541. The number of hydrogen-bond donors (Lipinski definition) is 1. The van der Waals surface area contributed by atoms with E-state index in [0.29, 0.717) is 25.9 Å². The summed E-state index contributed by atoms with van der Waals surface area (Å²) in [5, 5.41) is 18.5. The van der Waals surface area contributed by atoms with Gasteiger partial charge in [-0.3, -0.25) is 4.79 Å². The molecule has 1 aliphatic rings. The van der Waals surface area contributed by atoms with Gasteiger partial charge < -0.3 is 9.84 Å². The number of ether oxygens (including phenoxy) is 1. The number of carbonyl (C=O) groups excluding carboxylic acids is 1. The molecule has 0 aromatic carbocycles. The second kappa shape index (κ2) is 4.43. The van der Waals surface area contributed by atoms with Crippen LogP contribution in [0.3, 0.4) is 0 Å². The van der Waals surface area contributed by atoms with Crippen molar-refractivity contribution >= 4 is 5.97 Å². The number of esters is 1. The highest BCUT2D eigenvalue weighted by Crippen LogP contribution is 2.35. The molecule has 78 valence electrons. The molecule has 1 rings (SSSR count). The summed E-state index contributed by atoms with van der Waals surface area (Å²) in [6.07, 6.45) is 2.38. The smallest absolute Gasteiger partial charge is 0.312 e. The van der Waals surface area contributed by atoms with Crippen molar-refractivity contribution in [3.8, 4) is 6.07 Å². The minimum Gasteiger partial charge on any atom is -0.465 e. The fourth-order valence-electron chi connectivity index (χ4n) is 1.74. The Morgan fingerprint density at radius 1 is 1.79 bits per heavy atom. The fraction of sp³-hybridized carbons (Fsp3) is 0.800. The van der Waals surface area contributed by atoms with Gasteiger partial charge in [0, 0.05) is 0 Å². The maximum atomic E-state index is 11.4. The Bertz CT molecular complexity index is 259. The fourth-order valence-corrected chi connectivity index (χ4v) is 1.74. The van der Waals surface area contributed by atoms with Gasteiger partial charge in [0.1, 0.15) is 0 Å². The standard InChI is InChI=1S/C10H15NO3/c1-2-6-14-9(12)8-4-3-5-10(8,13)7-11/h8,13H,2-6H2,1H3/t8-,10-/m1/s1. The van der Waals surface area contributed by atoms with E-state index in [1.165, 1.54) is 0 Å². The first-order chi connectivity index (χ1) is 6.64. The van der Waals surface area contributed by atoms with Crippen molar-refractivity contribution < 1.29 is 14.6 Å². The van der Waals surface area contributed by atoms with Crippen LogP contribution in [0.25, 0.3) is 0 Å². The molecule has 4 nitrogen and oxygen atoms in total. The molecule has 0 aromatic rings. The average Bonchev–Trinajstić information content (AvgIpc) is 2.57. The van der Waals surface area contributed by atoms with Crippen LogP contribution in [0.5, 0.6) is 0 Å². The van der Waals surface area contributed by atoms with E-state index in [1.807, 2.05) is 6.92 Å². The molecule has 0 bridgehead atoms. The van der Waals surface area contributed by atoms with Gasteiger partial charge in [-0.1, -0.05) is 6.92 Å². The lowest BCUT2D eigenvalue weighted by molar-refractivity contribution is -0.153. The molecule has 0 unspecified atom stereocenters. The van der Waals surface area contributed by atoms with Crippen molar-refractivity contribution in [2.45, 2.75) is 38.2 Å². The predicted molar refractivity (Wildman–Crippen MR) is 49.2 cm³/mol. The number of aliphatic hydroxyl groups is 1. The van der Waals surface area contributed by atoms with Gasteiger partial charge in [-0.15, -0.1) is 0 Å². The van der Waals surface area contributed by atoms with Gasteiger partial charge >= 0.3 is 5.97 Å². The van der Waals surface area contributed by atoms with Crippen LogP contribution in [-0.4, -0.2) is 23.3 Å². The second-order valence-electron chi connectivity index (χ2n) is 3.65. The summed E-state index contributed by atoms with van der Waals surface area (Å²) in [4.78, 5) is 11.4. The van der Waals surface area contributed by atoms with Crippen LogP contribution in [-0.2, 0) is 9.53 Å². The van der Waals surface area contributed by atoms with Crippen LogP contribution < -0.4 is 0 Å². The monoisotopic (exact) mass is 197 g/mol. The molecule has 4 heteroatoms. The summed E-state index contributed by atoms with van der Waals surface area (Å²) < 4.78 is 4.92. The van der Waals surface area contributed by atoms with Gasteiger partial charge in [-0.2, -0.15) is 5.26 Å². The Balaban J connectivity index is 2.59. The van der Waals surface area contributed by atoms with Crippen molar-refractivity contribution in [3.05, 3.63) is 0 Å². The van der Waals surface area contributed by atoms with Gasteiger partial charge in [0.2, 0.25) is 0 Å². The second-order valence-corrected chi connectivity index (χ2v) is 3.65. The molecule has 0 amide bonds. The Hall–Kier alpha value is -1.08. The molecule has 0 spiro atoms. The van der Waals surface area contributed by atoms with Crippen molar-refractivity contribution in [2.24, 2.45) is 5.92 Å². The Morgan fingerprint density at radius 3 is 3.07 bits per heavy atom. The summed E-state index contributed by atoms with van der Waals surface area (Å²) in [6.45, 7) is 2.26. The van der Waals surface area contributed by atoms with Gasteiger partial charge in [0.25, 0.3) is 0 Å². The third-order valence-electron chi connectivity index (χ3n) is 2.55. The lowest BCUT2D eigenvalue weighted by Crippen LogP contribution is -2.37. The summed E-state index contributed by atoms with van der Waals surface area (Å²) in [5.74, 6) is -1.09. The Kier molecular flexibility index (Phi) is 3.48. The third kappa shape index (κ3) is 2.05. The van der Waals surface area contributed by atoms with Crippen molar-refractivity contribution in [1.29, 1.82) is 5.26 Å². The molecule has 1 aliphatic carbocycles. The number of nitriles is 1. The normalized spacial score (nSPS) is 31.1. The molecule has 0 saturated heterocycles. The molecule has 2 atom stereocenters. The predicted octanol–water partition coefficient (Wildman–Crippen LogP) is 0.994. The third-order valence-corrected chi connectivity index (χ3v) is 2.55. The van der Waals surface area contributed by atoms with E-state index in [1.54, 1.807) is 6.07 Å². The molecule has 1 N–H and O–H groups in total. The van der Waals surface area contributed by atoms with E-state index < -0.39 is 17.5 Å². The van der Waals surface area contributed by atoms with Gasteiger partial charge in [-0.25, -0.2) is 0 Å². The van der Waals surface area contributed by atoms with Gasteiger partial charge in [-0.05, 0) is 25.7 Å². The molecule has 0 heterocycles. The summed E-state index contributed by atoms with van der Waals surface area (Å²) >= 11 is 0. The highest BCUT2D eigenvalue weighted by atomic mass is 16.5. The topological polar surface area (TPSA) is 70.3 Å². The molecule has 0 radical (unpaired) electrons. The van der Waals surface area contributed by atoms with Crippen LogP contribution >= 0.6 is 0 Å². The first-order valence-electron chi connectivity index (χ1n) is 4.94. The van der Waals surface area contributed by atoms with E-state index in [4.69, 9.17) is 10.00 Å². The molecular formula is C10H15NO3. The largest absolute Gasteiger partial charge is 0.465 e. The molecule has 0 aromatic heterocycles. The van der Waals surface area contributed by atoms with E-state index in [9.17, 15) is 9.90 Å². The van der Waals surface area contributed by atoms with Crippen molar-refractivity contribution in [1.82, 2.24) is 0 Å². The molecule has 1 saturated carbocycles. The number of hydrogen-bond acceptors (Lipinski definition) is 4. The average molecular weight is 197 g/mol. The maximum absolute atomic E-state index is 11.4. The molecule has 1 fully saturated rings. The van der Waals surface area contributed by atoms with E-state index in [2.05, 4.69) is 0 Å². The Morgan fingerprint density at radius 2 is 2.50 bits per heavy atom. The first-order valence-corrected chi connectivity index (χ1v) is 4.94.